The average molecular weight is 302 g/mol. The van der Waals surface area contributed by atoms with Gasteiger partial charge in [0.05, 0.1) is 10.0 Å². The van der Waals surface area contributed by atoms with Gasteiger partial charge in [-0.3, -0.25) is 0 Å². The molecule has 0 bridgehead atoms. The molecule has 2 nitrogen and oxygen atoms in total. The predicted octanol–water partition coefficient (Wildman–Crippen LogP) is 5.35. The maximum Gasteiger partial charge on any atom is 0.151 e. The van der Waals surface area contributed by atoms with Crippen molar-refractivity contribution in [2.45, 2.75) is 13.3 Å². The van der Waals surface area contributed by atoms with Gasteiger partial charge in [0.2, 0.25) is 0 Å². The Morgan fingerprint density at radius 3 is 2.33 bits per heavy atom. The first-order valence-corrected chi connectivity index (χ1v) is 6.61. The molecule has 0 radical (unpaired) electrons. The molecule has 1 heterocycles. The normalized spacial score (nSPS) is 10.4. The third kappa shape index (κ3) is 3.08. The number of nitrogens with one attached hydrogen (secondary N) is 1. The number of rotatable bonds is 3. The van der Waals surface area contributed by atoms with Crippen molar-refractivity contribution in [3.05, 3.63) is 51.1 Å². The Morgan fingerprint density at radius 2 is 1.72 bits per heavy atom. The first-order chi connectivity index (χ1) is 8.60. The van der Waals surface area contributed by atoms with Crippen LogP contribution >= 0.6 is 34.8 Å². The number of benzene rings is 1. The molecule has 0 aliphatic carbocycles. The second kappa shape index (κ2) is 5.79. The van der Waals surface area contributed by atoms with Crippen LogP contribution in [0, 0.1) is 0 Å². The molecular weight excluding hydrogens is 291 g/mol. The summed E-state index contributed by atoms with van der Waals surface area (Å²) >= 11 is 17.7. The van der Waals surface area contributed by atoms with E-state index >= 15 is 0 Å². The number of aromatic nitrogens is 1. The molecule has 0 atom stereocenters. The van der Waals surface area contributed by atoms with Gasteiger partial charge in [0.25, 0.3) is 0 Å². The summed E-state index contributed by atoms with van der Waals surface area (Å²) in [6.07, 6.45) is 1.01. The lowest BCUT2D eigenvalue weighted by atomic mass is 10.1. The van der Waals surface area contributed by atoms with E-state index in [1.54, 1.807) is 6.07 Å². The van der Waals surface area contributed by atoms with Crippen molar-refractivity contribution < 1.29 is 0 Å². The smallest absolute Gasteiger partial charge is 0.151 e. The van der Waals surface area contributed by atoms with Gasteiger partial charge in [0, 0.05) is 5.69 Å². The fourth-order valence-electron chi connectivity index (χ4n) is 1.49. The first-order valence-electron chi connectivity index (χ1n) is 5.47. The van der Waals surface area contributed by atoms with Gasteiger partial charge in [-0.2, -0.15) is 0 Å². The fourth-order valence-corrected chi connectivity index (χ4v) is 2.04. The summed E-state index contributed by atoms with van der Waals surface area (Å²) in [5, 5.41) is 4.11. The molecule has 0 saturated carbocycles. The summed E-state index contributed by atoms with van der Waals surface area (Å²) in [5.74, 6) is 0.496. The summed E-state index contributed by atoms with van der Waals surface area (Å²) < 4.78 is 0. The summed E-state index contributed by atoms with van der Waals surface area (Å²) in [4.78, 5) is 4.10. The van der Waals surface area contributed by atoms with Gasteiger partial charge in [-0.05, 0) is 30.2 Å². The van der Waals surface area contributed by atoms with E-state index in [0.29, 0.717) is 15.9 Å². The van der Waals surface area contributed by atoms with Gasteiger partial charge in [0.15, 0.2) is 5.82 Å². The van der Waals surface area contributed by atoms with Gasteiger partial charge >= 0.3 is 0 Å². The van der Waals surface area contributed by atoms with Crippen molar-refractivity contribution in [3.8, 4) is 0 Å². The highest BCUT2D eigenvalue weighted by atomic mass is 35.5. The highest BCUT2D eigenvalue weighted by Gasteiger charge is 2.07. The highest BCUT2D eigenvalue weighted by Crippen LogP contribution is 2.30. The SMILES string of the molecule is CCc1ccc(Nc2nc(Cl)c(Cl)cc2Cl)cc1. The summed E-state index contributed by atoms with van der Waals surface area (Å²) in [6, 6.07) is 9.61. The van der Waals surface area contributed by atoms with Gasteiger partial charge in [0.1, 0.15) is 5.15 Å². The minimum atomic E-state index is 0.230. The Labute approximate surface area is 121 Å². The number of pyridine rings is 1. The molecule has 0 amide bonds. The number of hydrogen-bond donors (Lipinski definition) is 1. The Balaban J connectivity index is 2.25. The number of halogens is 3. The quantitative estimate of drug-likeness (QED) is 0.773. The van der Waals surface area contributed by atoms with Gasteiger partial charge in [-0.15, -0.1) is 0 Å². The van der Waals surface area contributed by atoms with Crippen LogP contribution in [0.2, 0.25) is 15.2 Å². The number of nitrogens with zero attached hydrogens (tertiary/aromatic N) is 1. The molecule has 0 fully saturated rings. The summed E-state index contributed by atoms with van der Waals surface area (Å²) in [7, 11) is 0. The van der Waals surface area contributed by atoms with Crippen molar-refractivity contribution in [3.63, 3.8) is 0 Å². The third-order valence-corrected chi connectivity index (χ3v) is 3.47. The first kappa shape index (κ1) is 13.5. The number of anilines is 2. The average Bonchev–Trinajstić information content (AvgIpc) is 2.37. The minimum absolute atomic E-state index is 0.230. The summed E-state index contributed by atoms with van der Waals surface area (Å²) in [5.41, 5.74) is 2.17. The fraction of sp³-hybridized carbons (Fsp3) is 0.154. The van der Waals surface area contributed by atoms with Crippen LogP contribution in [0.25, 0.3) is 0 Å². The molecule has 2 rings (SSSR count). The van der Waals surface area contributed by atoms with Crippen molar-refractivity contribution in [2.75, 3.05) is 5.32 Å². The van der Waals surface area contributed by atoms with Gasteiger partial charge < -0.3 is 5.32 Å². The van der Waals surface area contributed by atoms with Gasteiger partial charge in [-0.1, -0.05) is 53.9 Å². The molecule has 1 N–H and O–H groups in total. The molecule has 0 unspecified atom stereocenters. The van der Waals surface area contributed by atoms with E-state index in [1.807, 2.05) is 24.3 Å². The molecule has 0 aliphatic rings. The molecule has 18 heavy (non-hydrogen) atoms. The van der Waals surface area contributed by atoms with Crippen LogP contribution in [-0.4, -0.2) is 4.98 Å². The maximum atomic E-state index is 6.04. The zero-order valence-electron chi connectivity index (χ0n) is 9.67. The van der Waals surface area contributed by atoms with Crippen LogP contribution < -0.4 is 5.32 Å². The van der Waals surface area contributed by atoms with Crippen molar-refractivity contribution >= 4 is 46.3 Å². The van der Waals surface area contributed by atoms with E-state index in [0.717, 1.165) is 12.1 Å². The van der Waals surface area contributed by atoms with Crippen molar-refractivity contribution in [1.82, 2.24) is 4.98 Å². The summed E-state index contributed by atoms with van der Waals surface area (Å²) in [6.45, 7) is 2.11. The molecule has 5 heteroatoms. The van der Waals surface area contributed by atoms with E-state index in [2.05, 4.69) is 17.2 Å². The monoisotopic (exact) mass is 300 g/mol. The third-order valence-electron chi connectivity index (χ3n) is 2.51. The van der Waals surface area contributed by atoms with Crippen LogP contribution in [0.5, 0.6) is 0 Å². The molecule has 0 aliphatic heterocycles. The van der Waals surface area contributed by atoms with Crippen molar-refractivity contribution in [2.24, 2.45) is 0 Å². The van der Waals surface area contributed by atoms with Crippen LogP contribution in [0.3, 0.4) is 0 Å². The topological polar surface area (TPSA) is 24.9 Å². The van der Waals surface area contributed by atoms with Crippen LogP contribution in [0.15, 0.2) is 30.3 Å². The highest BCUT2D eigenvalue weighted by molar-refractivity contribution is 6.43. The Bertz CT molecular complexity index is 553. The molecule has 94 valence electrons. The Morgan fingerprint density at radius 1 is 1.06 bits per heavy atom. The second-order valence-corrected chi connectivity index (χ2v) is 4.94. The lowest BCUT2D eigenvalue weighted by Crippen LogP contribution is -1.95. The minimum Gasteiger partial charge on any atom is -0.339 e. The van der Waals surface area contributed by atoms with E-state index in [4.69, 9.17) is 34.8 Å². The van der Waals surface area contributed by atoms with Crippen LogP contribution in [0.1, 0.15) is 12.5 Å². The zero-order valence-corrected chi connectivity index (χ0v) is 11.9. The molecule has 0 spiro atoms. The lowest BCUT2D eigenvalue weighted by molar-refractivity contribution is 1.14. The molecule has 2 aromatic rings. The second-order valence-electron chi connectivity index (χ2n) is 3.77. The molecule has 1 aromatic carbocycles. The maximum absolute atomic E-state index is 6.04. The molecule has 1 aromatic heterocycles. The lowest BCUT2D eigenvalue weighted by Gasteiger charge is -2.09. The van der Waals surface area contributed by atoms with Crippen LogP contribution in [0.4, 0.5) is 11.5 Å². The Kier molecular flexibility index (Phi) is 4.33. The number of aryl methyl sites for hydroxylation is 1. The molecular formula is C13H11Cl3N2. The zero-order chi connectivity index (χ0) is 13.1. The molecule has 0 saturated heterocycles. The van der Waals surface area contributed by atoms with E-state index in [9.17, 15) is 0 Å². The predicted molar refractivity (Wildman–Crippen MR) is 78.4 cm³/mol. The largest absolute Gasteiger partial charge is 0.339 e. The van der Waals surface area contributed by atoms with Gasteiger partial charge in [-0.25, -0.2) is 4.98 Å². The van der Waals surface area contributed by atoms with E-state index in [1.165, 1.54) is 5.56 Å². The standard InChI is InChI=1S/C13H11Cl3N2/c1-2-8-3-5-9(6-4-8)17-13-11(15)7-10(14)12(16)18-13/h3-7H,2H2,1H3,(H,17,18). The van der Waals surface area contributed by atoms with E-state index < -0.39 is 0 Å². The number of hydrogen-bond acceptors (Lipinski definition) is 2. The van der Waals surface area contributed by atoms with Crippen LogP contribution in [-0.2, 0) is 6.42 Å². The van der Waals surface area contributed by atoms with Crippen molar-refractivity contribution in [1.29, 1.82) is 0 Å². The Hall–Kier alpha value is -0.960. The van der Waals surface area contributed by atoms with E-state index in [-0.39, 0.29) is 5.15 Å².